The zero-order chi connectivity index (χ0) is 10.9. The van der Waals surface area contributed by atoms with Gasteiger partial charge in [-0.25, -0.2) is 0 Å². The predicted octanol–water partition coefficient (Wildman–Crippen LogP) is 3.24. The SMILES string of the molecule is COP(OC)OC/C=C/c1ccccc1. The molecule has 4 heteroatoms. The Kier molecular flexibility index (Phi) is 6.21. The van der Waals surface area contributed by atoms with Crippen molar-refractivity contribution < 1.29 is 13.6 Å². The van der Waals surface area contributed by atoms with Crippen molar-refractivity contribution in [3.8, 4) is 0 Å². The van der Waals surface area contributed by atoms with E-state index in [0.717, 1.165) is 5.56 Å². The summed E-state index contributed by atoms with van der Waals surface area (Å²) in [6.45, 7) is 0.488. The van der Waals surface area contributed by atoms with Crippen molar-refractivity contribution in [2.75, 3.05) is 20.8 Å². The smallest absolute Gasteiger partial charge is 0.316 e. The van der Waals surface area contributed by atoms with Gasteiger partial charge in [-0.15, -0.1) is 0 Å². The Hall–Kier alpha value is -0.730. The van der Waals surface area contributed by atoms with Crippen LogP contribution < -0.4 is 0 Å². The van der Waals surface area contributed by atoms with Gasteiger partial charge in [0.2, 0.25) is 0 Å². The van der Waals surface area contributed by atoms with Crippen LogP contribution in [0.3, 0.4) is 0 Å². The lowest BCUT2D eigenvalue weighted by atomic mass is 10.2. The highest BCUT2D eigenvalue weighted by Gasteiger charge is 2.04. The fourth-order valence-electron chi connectivity index (χ4n) is 1.03. The van der Waals surface area contributed by atoms with E-state index in [9.17, 15) is 0 Å². The molecule has 0 aliphatic carbocycles. The van der Waals surface area contributed by atoms with Gasteiger partial charge >= 0.3 is 8.60 Å². The van der Waals surface area contributed by atoms with Crippen LogP contribution in [0.1, 0.15) is 5.56 Å². The van der Waals surface area contributed by atoms with E-state index in [-0.39, 0.29) is 0 Å². The van der Waals surface area contributed by atoms with E-state index in [1.807, 2.05) is 42.5 Å². The van der Waals surface area contributed by atoms with Crippen LogP contribution in [-0.4, -0.2) is 20.8 Å². The topological polar surface area (TPSA) is 27.7 Å². The molecule has 0 aliphatic rings. The molecule has 0 amide bonds. The molecule has 0 aliphatic heterocycles. The Bertz CT molecular complexity index is 283. The highest BCUT2D eigenvalue weighted by atomic mass is 31.2. The van der Waals surface area contributed by atoms with Crippen molar-refractivity contribution in [1.82, 2.24) is 0 Å². The molecular formula is C11H15O3P. The summed E-state index contributed by atoms with van der Waals surface area (Å²) in [5.41, 5.74) is 1.15. The monoisotopic (exact) mass is 226 g/mol. The lowest BCUT2D eigenvalue weighted by Gasteiger charge is -2.09. The highest BCUT2D eigenvalue weighted by Crippen LogP contribution is 2.36. The first kappa shape index (κ1) is 12.3. The number of rotatable bonds is 6. The molecule has 0 N–H and O–H groups in total. The average Bonchev–Trinajstić information content (AvgIpc) is 2.31. The fourth-order valence-corrected chi connectivity index (χ4v) is 1.60. The maximum Gasteiger partial charge on any atom is 0.332 e. The van der Waals surface area contributed by atoms with Crippen molar-refractivity contribution in [1.29, 1.82) is 0 Å². The summed E-state index contributed by atoms with van der Waals surface area (Å²) in [7, 11) is 1.94. The van der Waals surface area contributed by atoms with Crippen LogP contribution in [0.4, 0.5) is 0 Å². The van der Waals surface area contributed by atoms with E-state index in [0.29, 0.717) is 6.61 Å². The van der Waals surface area contributed by atoms with E-state index >= 15 is 0 Å². The van der Waals surface area contributed by atoms with Gasteiger partial charge in [0, 0.05) is 14.2 Å². The zero-order valence-corrected chi connectivity index (χ0v) is 9.81. The Labute approximate surface area is 91.7 Å². The Morgan fingerprint density at radius 1 is 1.13 bits per heavy atom. The summed E-state index contributed by atoms with van der Waals surface area (Å²) < 4.78 is 15.2. The molecule has 0 fully saturated rings. The second-order valence-corrected chi connectivity index (χ2v) is 4.13. The number of hydrogen-bond donors (Lipinski definition) is 0. The average molecular weight is 226 g/mol. The summed E-state index contributed by atoms with van der Waals surface area (Å²) in [5, 5.41) is 0. The second kappa shape index (κ2) is 7.55. The maximum absolute atomic E-state index is 5.30. The van der Waals surface area contributed by atoms with Crippen molar-refractivity contribution >= 4 is 14.7 Å². The van der Waals surface area contributed by atoms with Gasteiger partial charge in [0.1, 0.15) is 0 Å². The number of benzene rings is 1. The molecule has 0 saturated carbocycles. The molecule has 0 spiro atoms. The van der Waals surface area contributed by atoms with Gasteiger partial charge < -0.3 is 13.6 Å². The van der Waals surface area contributed by atoms with Gasteiger partial charge in [-0.3, -0.25) is 0 Å². The fraction of sp³-hybridized carbons (Fsp3) is 0.273. The predicted molar refractivity (Wildman–Crippen MR) is 62.4 cm³/mol. The lowest BCUT2D eigenvalue weighted by Crippen LogP contribution is -1.89. The van der Waals surface area contributed by atoms with E-state index in [2.05, 4.69) is 0 Å². The Morgan fingerprint density at radius 2 is 1.80 bits per heavy atom. The lowest BCUT2D eigenvalue weighted by molar-refractivity contribution is 0.223. The van der Waals surface area contributed by atoms with Crippen LogP contribution in [0.5, 0.6) is 0 Å². The molecule has 1 aromatic rings. The molecule has 15 heavy (non-hydrogen) atoms. The molecular weight excluding hydrogens is 211 g/mol. The molecule has 3 nitrogen and oxygen atoms in total. The standard InChI is InChI=1S/C11H15O3P/c1-12-15(13-2)14-10-6-9-11-7-4-3-5-8-11/h3-9H,10H2,1-2H3/b9-6+. The van der Waals surface area contributed by atoms with Crippen LogP contribution in [0.15, 0.2) is 36.4 Å². The van der Waals surface area contributed by atoms with Crippen LogP contribution in [0, 0.1) is 0 Å². The first-order chi connectivity index (χ1) is 7.36. The van der Waals surface area contributed by atoms with E-state index < -0.39 is 8.60 Å². The van der Waals surface area contributed by atoms with E-state index in [1.165, 1.54) is 0 Å². The number of hydrogen-bond acceptors (Lipinski definition) is 3. The third kappa shape index (κ3) is 5.05. The molecule has 0 heterocycles. The second-order valence-electron chi connectivity index (χ2n) is 2.70. The minimum absolute atomic E-state index is 0.488. The van der Waals surface area contributed by atoms with Crippen molar-refractivity contribution in [3.63, 3.8) is 0 Å². The van der Waals surface area contributed by atoms with E-state index in [1.54, 1.807) is 14.2 Å². The first-order valence-electron chi connectivity index (χ1n) is 4.59. The first-order valence-corrected chi connectivity index (χ1v) is 5.69. The van der Waals surface area contributed by atoms with Crippen molar-refractivity contribution in [3.05, 3.63) is 42.0 Å². The molecule has 0 radical (unpaired) electrons. The largest absolute Gasteiger partial charge is 0.332 e. The molecule has 0 saturated heterocycles. The summed E-state index contributed by atoms with van der Waals surface area (Å²) in [5.74, 6) is 0. The minimum Gasteiger partial charge on any atom is -0.316 e. The van der Waals surface area contributed by atoms with Gasteiger partial charge in [-0.2, -0.15) is 0 Å². The minimum atomic E-state index is -1.19. The van der Waals surface area contributed by atoms with Gasteiger partial charge in [-0.05, 0) is 5.56 Å². The molecule has 82 valence electrons. The molecule has 1 rings (SSSR count). The summed E-state index contributed by atoms with van der Waals surface area (Å²) in [4.78, 5) is 0. The molecule has 0 bridgehead atoms. The molecule has 1 aromatic carbocycles. The molecule has 0 aromatic heterocycles. The van der Waals surface area contributed by atoms with Crippen molar-refractivity contribution in [2.24, 2.45) is 0 Å². The van der Waals surface area contributed by atoms with Gasteiger partial charge in [0.05, 0.1) is 6.61 Å². The van der Waals surface area contributed by atoms with E-state index in [4.69, 9.17) is 13.6 Å². The quantitative estimate of drug-likeness (QED) is 0.697. The maximum atomic E-state index is 5.30. The highest BCUT2D eigenvalue weighted by molar-refractivity contribution is 7.41. The van der Waals surface area contributed by atoms with Crippen LogP contribution in [0.2, 0.25) is 0 Å². The van der Waals surface area contributed by atoms with Crippen LogP contribution >= 0.6 is 8.60 Å². The third-order valence-corrected chi connectivity index (χ3v) is 2.64. The summed E-state index contributed by atoms with van der Waals surface area (Å²) in [6.07, 6.45) is 3.93. The Morgan fingerprint density at radius 3 is 2.40 bits per heavy atom. The van der Waals surface area contributed by atoms with Crippen molar-refractivity contribution in [2.45, 2.75) is 0 Å². The summed E-state index contributed by atoms with van der Waals surface area (Å²) >= 11 is 0. The van der Waals surface area contributed by atoms with Crippen LogP contribution in [-0.2, 0) is 13.6 Å². The van der Waals surface area contributed by atoms with Crippen LogP contribution in [0.25, 0.3) is 6.08 Å². The normalized spacial score (nSPS) is 11.4. The molecule has 0 atom stereocenters. The molecule has 0 unspecified atom stereocenters. The summed E-state index contributed by atoms with van der Waals surface area (Å²) in [6, 6.07) is 10.1. The Balaban J connectivity index is 2.28. The third-order valence-electron chi connectivity index (χ3n) is 1.68. The van der Waals surface area contributed by atoms with Gasteiger partial charge in [-0.1, -0.05) is 42.5 Å². The zero-order valence-electron chi connectivity index (χ0n) is 8.92. The van der Waals surface area contributed by atoms with Gasteiger partial charge in [0.25, 0.3) is 0 Å². The van der Waals surface area contributed by atoms with Gasteiger partial charge in [0.15, 0.2) is 0 Å².